The fourth-order valence-corrected chi connectivity index (χ4v) is 1.35. The SMILES string of the molecule is CCC(C)NC(=O)C(C)NC(C)CCOC. The van der Waals surface area contributed by atoms with E-state index >= 15 is 0 Å². The van der Waals surface area contributed by atoms with E-state index in [1.165, 1.54) is 0 Å². The summed E-state index contributed by atoms with van der Waals surface area (Å²) in [4.78, 5) is 11.7. The van der Waals surface area contributed by atoms with Crippen molar-refractivity contribution in [2.75, 3.05) is 13.7 Å². The Morgan fingerprint density at radius 2 is 1.88 bits per heavy atom. The molecule has 0 spiro atoms. The predicted molar refractivity (Wildman–Crippen MR) is 66.4 cm³/mol. The van der Waals surface area contributed by atoms with Crippen LogP contribution < -0.4 is 10.6 Å². The number of methoxy groups -OCH3 is 1. The molecule has 2 N–H and O–H groups in total. The fourth-order valence-electron chi connectivity index (χ4n) is 1.35. The lowest BCUT2D eigenvalue weighted by Gasteiger charge is -2.21. The van der Waals surface area contributed by atoms with E-state index in [0.29, 0.717) is 6.61 Å². The van der Waals surface area contributed by atoms with Crippen LogP contribution in [0.25, 0.3) is 0 Å². The first-order chi connectivity index (χ1) is 7.51. The van der Waals surface area contributed by atoms with Crippen molar-refractivity contribution in [3.05, 3.63) is 0 Å². The minimum absolute atomic E-state index is 0.0682. The minimum atomic E-state index is -0.152. The number of rotatable bonds is 8. The molecule has 0 bridgehead atoms. The molecule has 0 aromatic carbocycles. The van der Waals surface area contributed by atoms with Gasteiger partial charge in [0.05, 0.1) is 6.04 Å². The van der Waals surface area contributed by atoms with Crippen molar-refractivity contribution in [3.8, 4) is 0 Å². The topological polar surface area (TPSA) is 50.4 Å². The Balaban J connectivity index is 3.85. The molecule has 0 fully saturated rings. The van der Waals surface area contributed by atoms with Crippen LogP contribution in [0.2, 0.25) is 0 Å². The van der Waals surface area contributed by atoms with E-state index in [2.05, 4.69) is 24.5 Å². The van der Waals surface area contributed by atoms with Crippen LogP contribution in [0, 0.1) is 0 Å². The Morgan fingerprint density at radius 1 is 1.25 bits per heavy atom. The van der Waals surface area contributed by atoms with Gasteiger partial charge in [-0.25, -0.2) is 0 Å². The zero-order valence-corrected chi connectivity index (χ0v) is 11.2. The van der Waals surface area contributed by atoms with Crippen LogP contribution in [-0.2, 0) is 9.53 Å². The van der Waals surface area contributed by atoms with Gasteiger partial charge in [0.15, 0.2) is 0 Å². The number of carbonyl (C=O) groups excluding carboxylic acids is 1. The quantitative estimate of drug-likeness (QED) is 0.661. The van der Waals surface area contributed by atoms with Gasteiger partial charge in [-0.05, 0) is 33.6 Å². The van der Waals surface area contributed by atoms with Crippen LogP contribution >= 0.6 is 0 Å². The summed E-state index contributed by atoms with van der Waals surface area (Å²) < 4.78 is 5.00. The smallest absolute Gasteiger partial charge is 0.237 e. The van der Waals surface area contributed by atoms with Crippen molar-refractivity contribution in [1.82, 2.24) is 10.6 Å². The van der Waals surface area contributed by atoms with Crippen molar-refractivity contribution < 1.29 is 9.53 Å². The normalized spacial score (nSPS) is 16.6. The van der Waals surface area contributed by atoms with Gasteiger partial charge in [0.1, 0.15) is 0 Å². The van der Waals surface area contributed by atoms with Gasteiger partial charge in [-0.1, -0.05) is 6.92 Å². The van der Waals surface area contributed by atoms with E-state index in [0.717, 1.165) is 12.8 Å². The summed E-state index contributed by atoms with van der Waals surface area (Å²) in [6.07, 6.45) is 1.87. The molecule has 0 radical (unpaired) electrons. The van der Waals surface area contributed by atoms with Crippen molar-refractivity contribution in [1.29, 1.82) is 0 Å². The second-order valence-corrected chi connectivity index (χ2v) is 4.39. The number of carbonyl (C=O) groups is 1. The molecule has 0 aliphatic rings. The molecule has 0 rings (SSSR count). The van der Waals surface area contributed by atoms with Gasteiger partial charge in [0.25, 0.3) is 0 Å². The molecule has 1 amide bonds. The van der Waals surface area contributed by atoms with E-state index in [4.69, 9.17) is 4.74 Å². The minimum Gasteiger partial charge on any atom is -0.385 e. The van der Waals surface area contributed by atoms with Gasteiger partial charge in [-0.3, -0.25) is 4.79 Å². The molecular formula is C12H26N2O2. The summed E-state index contributed by atoms with van der Waals surface area (Å²) in [7, 11) is 1.69. The molecule has 0 aliphatic heterocycles. The number of nitrogens with one attached hydrogen (secondary N) is 2. The Morgan fingerprint density at radius 3 is 2.38 bits per heavy atom. The number of ether oxygens (including phenoxy) is 1. The molecule has 16 heavy (non-hydrogen) atoms. The molecule has 3 unspecified atom stereocenters. The highest BCUT2D eigenvalue weighted by Crippen LogP contribution is 1.95. The van der Waals surface area contributed by atoms with Crippen LogP contribution in [0.3, 0.4) is 0 Å². The van der Waals surface area contributed by atoms with E-state index in [1.54, 1.807) is 7.11 Å². The molecule has 96 valence electrons. The summed E-state index contributed by atoms with van der Waals surface area (Å²) in [6, 6.07) is 0.379. The predicted octanol–water partition coefficient (Wildman–Crippen LogP) is 1.30. The highest BCUT2D eigenvalue weighted by molar-refractivity contribution is 5.81. The lowest BCUT2D eigenvalue weighted by molar-refractivity contribution is -0.123. The molecule has 0 aromatic rings. The lowest BCUT2D eigenvalue weighted by Crippen LogP contribution is -2.48. The second kappa shape index (κ2) is 8.53. The first-order valence-electron chi connectivity index (χ1n) is 6.06. The zero-order valence-electron chi connectivity index (χ0n) is 11.2. The summed E-state index contributed by atoms with van der Waals surface area (Å²) in [5.41, 5.74) is 0. The lowest BCUT2D eigenvalue weighted by atomic mass is 10.2. The first kappa shape index (κ1) is 15.4. The Labute approximate surface area is 99.1 Å². The molecule has 0 aromatic heterocycles. The summed E-state index contributed by atoms with van der Waals surface area (Å²) in [6.45, 7) is 8.74. The van der Waals surface area contributed by atoms with Crippen molar-refractivity contribution in [3.63, 3.8) is 0 Å². The van der Waals surface area contributed by atoms with Crippen LogP contribution in [0.5, 0.6) is 0 Å². The Hall–Kier alpha value is -0.610. The van der Waals surface area contributed by atoms with Crippen LogP contribution in [-0.4, -0.2) is 37.7 Å². The third kappa shape index (κ3) is 6.80. The van der Waals surface area contributed by atoms with Gasteiger partial charge in [0.2, 0.25) is 5.91 Å². The Kier molecular flexibility index (Phi) is 8.21. The number of amides is 1. The largest absolute Gasteiger partial charge is 0.385 e. The number of hydrogen-bond acceptors (Lipinski definition) is 3. The molecule has 0 saturated carbocycles. The van der Waals surface area contributed by atoms with Crippen LogP contribution in [0.15, 0.2) is 0 Å². The van der Waals surface area contributed by atoms with E-state index in [9.17, 15) is 4.79 Å². The maximum absolute atomic E-state index is 11.7. The monoisotopic (exact) mass is 230 g/mol. The van der Waals surface area contributed by atoms with Gasteiger partial charge < -0.3 is 15.4 Å². The number of hydrogen-bond donors (Lipinski definition) is 2. The average Bonchev–Trinajstić information content (AvgIpc) is 2.25. The van der Waals surface area contributed by atoms with Gasteiger partial charge in [-0.15, -0.1) is 0 Å². The van der Waals surface area contributed by atoms with Crippen LogP contribution in [0.4, 0.5) is 0 Å². The fraction of sp³-hybridized carbons (Fsp3) is 0.917. The molecule has 4 heteroatoms. The van der Waals surface area contributed by atoms with Gasteiger partial charge in [-0.2, -0.15) is 0 Å². The molecule has 0 heterocycles. The van der Waals surface area contributed by atoms with Crippen molar-refractivity contribution >= 4 is 5.91 Å². The highest BCUT2D eigenvalue weighted by Gasteiger charge is 2.16. The maximum atomic E-state index is 11.7. The highest BCUT2D eigenvalue weighted by atomic mass is 16.5. The molecule has 4 nitrogen and oxygen atoms in total. The summed E-state index contributed by atoms with van der Waals surface area (Å²) >= 11 is 0. The van der Waals surface area contributed by atoms with Crippen LogP contribution in [0.1, 0.15) is 40.5 Å². The molecule has 3 atom stereocenters. The zero-order chi connectivity index (χ0) is 12.6. The summed E-state index contributed by atoms with van der Waals surface area (Å²) in [5, 5.41) is 6.21. The molecular weight excluding hydrogens is 204 g/mol. The first-order valence-corrected chi connectivity index (χ1v) is 6.06. The Bertz CT molecular complexity index is 197. The van der Waals surface area contributed by atoms with Gasteiger partial charge in [0, 0.05) is 25.8 Å². The third-order valence-electron chi connectivity index (χ3n) is 2.68. The second-order valence-electron chi connectivity index (χ2n) is 4.39. The van der Waals surface area contributed by atoms with E-state index in [-0.39, 0.29) is 24.0 Å². The molecule has 0 saturated heterocycles. The summed E-state index contributed by atoms with van der Waals surface area (Å²) in [5.74, 6) is 0.0682. The van der Waals surface area contributed by atoms with E-state index < -0.39 is 0 Å². The van der Waals surface area contributed by atoms with Crippen molar-refractivity contribution in [2.24, 2.45) is 0 Å². The maximum Gasteiger partial charge on any atom is 0.237 e. The van der Waals surface area contributed by atoms with E-state index in [1.807, 2.05) is 13.8 Å². The third-order valence-corrected chi connectivity index (χ3v) is 2.68. The average molecular weight is 230 g/mol. The van der Waals surface area contributed by atoms with Gasteiger partial charge >= 0.3 is 0 Å². The standard InChI is InChI=1S/C12H26N2O2/c1-6-9(2)14-12(15)11(4)13-10(3)7-8-16-5/h9-11,13H,6-8H2,1-5H3,(H,14,15). The van der Waals surface area contributed by atoms with Crippen molar-refractivity contribution in [2.45, 2.75) is 58.7 Å². The molecule has 0 aliphatic carbocycles.